The standard InChI is InChI=1S/C40H30S2/c1-39(2)31-21-30-32(22-29(31)37-25-13-7-5-11-23(25)27(19-33(37)39)35-15-9-17-41-35)40(3,4)34-20-28(36-16-10-18-42-36)24-12-6-8-14-26(24)38(30)34/h5-22H,1-4H3. The van der Waals surface area contributed by atoms with Gasteiger partial charge in [-0.25, -0.2) is 0 Å². The van der Waals surface area contributed by atoms with Crippen molar-refractivity contribution in [1.29, 1.82) is 0 Å². The molecule has 0 aliphatic heterocycles. The maximum absolute atomic E-state index is 2.56. The molecule has 0 atom stereocenters. The minimum absolute atomic E-state index is 0.102. The van der Waals surface area contributed by atoms with E-state index in [1.165, 1.54) is 86.9 Å². The van der Waals surface area contributed by atoms with Gasteiger partial charge in [0.1, 0.15) is 0 Å². The molecular weight excluding hydrogens is 545 g/mol. The highest BCUT2D eigenvalue weighted by atomic mass is 32.1. The van der Waals surface area contributed by atoms with Gasteiger partial charge in [0, 0.05) is 20.6 Å². The van der Waals surface area contributed by atoms with E-state index < -0.39 is 0 Å². The lowest BCUT2D eigenvalue weighted by atomic mass is 9.79. The molecule has 0 N–H and O–H groups in total. The summed E-state index contributed by atoms with van der Waals surface area (Å²) in [6.45, 7) is 9.71. The zero-order chi connectivity index (χ0) is 28.4. The second-order valence-electron chi connectivity index (χ2n) is 12.9. The van der Waals surface area contributed by atoms with E-state index >= 15 is 0 Å². The Morgan fingerprint density at radius 2 is 0.786 bits per heavy atom. The fourth-order valence-electron chi connectivity index (χ4n) is 7.93. The van der Waals surface area contributed by atoms with Crippen LogP contribution in [-0.2, 0) is 10.8 Å². The number of hydrogen-bond donors (Lipinski definition) is 0. The third-order valence-corrected chi connectivity index (χ3v) is 11.9. The summed E-state index contributed by atoms with van der Waals surface area (Å²) in [4.78, 5) is 2.68. The lowest BCUT2D eigenvalue weighted by Crippen LogP contribution is -2.17. The molecule has 2 aromatic heterocycles. The second-order valence-corrected chi connectivity index (χ2v) is 14.8. The summed E-state index contributed by atoms with van der Waals surface area (Å²) in [5.41, 5.74) is 13.9. The summed E-state index contributed by atoms with van der Waals surface area (Å²) in [5, 5.41) is 9.80. The summed E-state index contributed by atoms with van der Waals surface area (Å²) in [5.74, 6) is 0. The van der Waals surface area contributed by atoms with Crippen molar-refractivity contribution in [2.75, 3.05) is 0 Å². The molecule has 7 aromatic rings. The van der Waals surface area contributed by atoms with Gasteiger partial charge in [-0.2, -0.15) is 0 Å². The van der Waals surface area contributed by atoms with Crippen LogP contribution in [0.3, 0.4) is 0 Å². The highest BCUT2D eigenvalue weighted by molar-refractivity contribution is 7.14. The fraction of sp³-hybridized carbons (Fsp3) is 0.150. The molecule has 2 heterocycles. The molecule has 2 aliphatic carbocycles. The third kappa shape index (κ3) is 3.07. The average Bonchev–Trinajstić information content (AvgIpc) is 3.79. The number of rotatable bonds is 2. The number of benzene rings is 5. The molecule has 0 amide bonds. The monoisotopic (exact) mass is 574 g/mol. The molecular formula is C40H30S2. The summed E-state index contributed by atoms with van der Waals surface area (Å²) < 4.78 is 0. The van der Waals surface area contributed by atoms with E-state index in [9.17, 15) is 0 Å². The zero-order valence-corrected chi connectivity index (χ0v) is 25.8. The Bertz CT molecular complexity index is 2060. The normalized spacial score (nSPS) is 15.5. The van der Waals surface area contributed by atoms with Crippen LogP contribution in [0.15, 0.2) is 108 Å². The smallest absolute Gasteiger partial charge is 0.0349 e. The Balaban J connectivity index is 1.36. The first-order valence-electron chi connectivity index (χ1n) is 14.8. The predicted molar refractivity (Wildman–Crippen MR) is 183 cm³/mol. The van der Waals surface area contributed by atoms with Crippen LogP contribution < -0.4 is 0 Å². The van der Waals surface area contributed by atoms with Crippen LogP contribution in [0.25, 0.3) is 64.7 Å². The van der Waals surface area contributed by atoms with Gasteiger partial charge in [-0.15, -0.1) is 22.7 Å². The zero-order valence-electron chi connectivity index (χ0n) is 24.2. The van der Waals surface area contributed by atoms with Gasteiger partial charge in [0.25, 0.3) is 0 Å². The summed E-state index contributed by atoms with van der Waals surface area (Å²) in [6.07, 6.45) is 0. The Morgan fingerprint density at radius 1 is 0.405 bits per heavy atom. The SMILES string of the molecule is CC1(C)c2cc3c(cc2-c2c1cc(-c1cccs1)c1ccccc21)C(C)(C)c1cc(-c2cccs2)c2ccccc2c1-3. The van der Waals surface area contributed by atoms with Crippen molar-refractivity contribution >= 4 is 44.2 Å². The average molecular weight is 575 g/mol. The van der Waals surface area contributed by atoms with E-state index in [0.29, 0.717) is 0 Å². The van der Waals surface area contributed by atoms with Gasteiger partial charge in [-0.05, 0) is 124 Å². The van der Waals surface area contributed by atoms with Gasteiger partial charge >= 0.3 is 0 Å². The van der Waals surface area contributed by atoms with Crippen molar-refractivity contribution in [3.8, 4) is 43.1 Å². The molecule has 202 valence electrons. The Morgan fingerprint density at radius 3 is 1.17 bits per heavy atom. The fourth-order valence-corrected chi connectivity index (χ4v) is 9.44. The lowest BCUT2D eigenvalue weighted by molar-refractivity contribution is 0.652. The Hall–Kier alpha value is -3.98. The highest BCUT2D eigenvalue weighted by Gasteiger charge is 2.43. The molecule has 2 aliphatic rings. The molecule has 0 nitrogen and oxygen atoms in total. The maximum Gasteiger partial charge on any atom is 0.0349 e. The largest absolute Gasteiger partial charge is 0.144 e. The summed E-state index contributed by atoms with van der Waals surface area (Å²) in [7, 11) is 0. The van der Waals surface area contributed by atoms with E-state index in [-0.39, 0.29) is 10.8 Å². The molecule has 42 heavy (non-hydrogen) atoms. The van der Waals surface area contributed by atoms with Crippen LogP contribution in [0.1, 0.15) is 49.9 Å². The number of hydrogen-bond acceptors (Lipinski definition) is 2. The molecule has 0 saturated heterocycles. The van der Waals surface area contributed by atoms with Gasteiger partial charge in [0.2, 0.25) is 0 Å². The predicted octanol–water partition coefficient (Wildman–Crippen LogP) is 12.1. The van der Waals surface area contributed by atoms with Gasteiger partial charge in [0.15, 0.2) is 0 Å². The van der Waals surface area contributed by atoms with Crippen LogP contribution in [0, 0.1) is 0 Å². The van der Waals surface area contributed by atoms with Crippen molar-refractivity contribution < 1.29 is 0 Å². The van der Waals surface area contributed by atoms with Crippen LogP contribution >= 0.6 is 22.7 Å². The van der Waals surface area contributed by atoms with Crippen molar-refractivity contribution in [3.05, 3.63) is 130 Å². The van der Waals surface area contributed by atoms with Gasteiger partial charge in [-0.1, -0.05) is 88.4 Å². The van der Waals surface area contributed by atoms with Gasteiger partial charge in [0.05, 0.1) is 0 Å². The first-order chi connectivity index (χ1) is 20.4. The van der Waals surface area contributed by atoms with Crippen molar-refractivity contribution in [2.24, 2.45) is 0 Å². The molecule has 0 unspecified atom stereocenters. The first-order valence-corrected chi connectivity index (χ1v) is 16.5. The molecule has 0 fully saturated rings. The molecule has 2 heteroatoms. The lowest BCUT2D eigenvalue weighted by Gasteiger charge is -2.24. The van der Waals surface area contributed by atoms with Crippen molar-refractivity contribution in [3.63, 3.8) is 0 Å². The molecule has 0 saturated carbocycles. The van der Waals surface area contributed by atoms with E-state index in [4.69, 9.17) is 0 Å². The van der Waals surface area contributed by atoms with E-state index in [0.717, 1.165) is 0 Å². The Labute approximate surface area is 254 Å². The van der Waals surface area contributed by atoms with Crippen LogP contribution in [0.4, 0.5) is 0 Å². The van der Waals surface area contributed by atoms with Crippen molar-refractivity contribution in [2.45, 2.75) is 38.5 Å². The first kappa shape index (κ1) is 24.6. The molecule has 0 bridgehead atoms. The maximum atomic E-state index is 2.56. The van der Waals surface area contributed by atoms with Crippen molar-refractivity contribution in [1.82, 2.24) is 0 Å². The minimum Gasteiger partial charge on any atom is -0.144 e. The number of fused-ring (bicyclic) bond motifs is 10. The molecule has 0 radical (unpaired) electrons. The van der Waals surface area contributed by atoms with Crippen LogP contribution in [0.2, 0.25) is 0 Å². The van der Waals surface area contributed by atoms with Crippen LogP contribution in [-0.4, -0.2) is 0 Å². The Kier molecular flexibility index (Phi) is 4.87. The summed E-state index contributed by atoms with van der Waals surface area (Å²) >= 11 is 3.66. The third-order valence-electron chi connectivity index (χ3n) is 10.1. The highest BCUT2D eigenvalue weighted by Crippen LogP contribution is 2.59. The molecule has 0 spiro atoms. The van der Waals surface area contributed by atoms with Gasteiger partial charge < -0.3 is 0 Å². The topological polar surface area (TPSA) is 0 Å². The summed E-state index contributed by atoms with van der Waals surface area (Å²) in [6, 6.07) is 37.1. The second kappa shape index (κ2) is 8.31. The van der Waals surface area contributed by atoms with E-state index in [1.54, 1.807) is 0 Å². The minimum atomic E-state index is -0.102. The van der Waals surface area contributed by atoms with Crippen LogP contribution in [0.5, 0.6) is 0 Å². The van der Waals surface area contributed by atoms with E-state index in [2.05, 4.69) is 136 Å². The quantitative estimate of drug-likeness (QED) is 0.193. The molecule has 5 aromatic carbocycles. The molecule has 9 rings (SSSR count). The van der Waals surface area contributed by atoms with E-state index in [1.807, 2.05) is 22.7 Å². The van der Waals surface area contributed by atoms with Gasteiger partial charge in [-0.3, -0.25) is 0 Å². The number of thiophene rings is 2.